The molecule has 5 fully saturated rings. The molecule has 12 nitrogen and oxygen atoms in total. The van der Waals surface area contributed by atoms with E-state index in [9.17, 15) is 29.2 Å². The van der Waals surface area contributed by atoms with E-state index in [0.717, 1.165) is 77.6 Å². The Kier molecular flexibility index (Phi) is 8.73. The summed E-state index contributed by atoms with van der Waals surface area (Å²) < 4.78 is 0. The lowest BCUT2D eigenvalue weighted by molar-refractivity contribution is -0.149. The Morgan fingerprint density at radius 2 is 1.45 bits per heavy atom. The standard InChI is InChI=1S/C45H46ClN7O5/c1-48-39(54)9-8-38(43(48)58)53-41(56)35-20-30-24-51(25-31(30)21-36(35)42(53)57)33-10-16-50(17-11-33)40(55)28-2-5-32(6-3-28)49-18-14-44(15-19-49)26-45(12-13-45)52(27-44)34-7-4-29(23-47)37(46)22-34/h2-7,20-22,33,38H,8-19,24-27H2,1H3. The Hall–Kier alpha value is -5.25. The first kappa shape index (κ1) is 37.0. The average Bonchev–Trinajstić information content (AvgIpc) is 3.67. The van der Waals surface area contributed by atoms with E-state index < -0.39 is 23.8 Å². The molecule has 5 amide bonds. The molecule has 2 spiro atoms. The summed E-state index contributed by atoms with van der Waals surface area (Å²) in [5.41, 5.74) is 6.68. The number of rotatable bonds is 5. The summed E-state index contributed by atoms with van der Waals surface area (Å²) in [5, 5.41) is 9.87. The molecule has 3 aromatic rings. The van der Waals surface area contributed by atoms with Crippen LogP contribution < -0.4 is 9.80 Å². The molecule has 1 aliphatic carbocycles. The van der Waals surface area contributed by atoms with Crippen molar-refractivity contribution in [1.29, 1.82) is 5.26 Å². The van der Waals surface area contributed by atoms with Crippen LogP contribution in [0.1, 0.15) is 106 Å². The van der Waals surface area contributed by atoms with Crippen molar-refractivity contribution in [3.8, 4) is 6.07 Å². The van der Waals surface area contributed by atoms with Gasteiger partial charge < -0.3 is 14.7 Å². The van der Waals surface area contributed by atoms with Crippen molar-refractivity contribution in [2.75, 3.05) is 49.6 Å². The van der Waals surface area contributed by atoms with Crippen molar-refractivity contribution in [3.05, 3.63) is 93.0 Å². The molecule has 3 aromatic carbocycles. The van der Waals surface area contributed by atoms with Crippen molar-refractivity contribution < 1.29 is 24.0 Å². The number of hydrogen-bond acceptors (Lipinski definition) is 9. The van der Waals surface area contributed by atoms with Crippen molar-refractivity contribution in [2.24, 2.45) is 5.41 Å². The number of amides is 5. The minimum Gasteiger partial charge on any atom is -0.371 e. The zero-order valence-corrected chi connectivity index (χ0v) is 33.5. The van der Waals surface area contributed by atoms with Gasteiger partial charge in [-0.15, -0.1) is 0 Å². The van der Waals surface area contributed by atoms with E-state index >= 15 is 0 Å². The first-order valence-corrected chi connectivity index (χ1v) is 21.0. The minimum absolute atomic E-state index is 0.0565. The molecule has 0 N–H and O–H groups in total. The average molecular weight is 800 g/mol. The van der Waals surface area contributed by atoms with E-state index in [1.807, 2.05) is 41.3 Å². The molecule has 298 valence electrons. The van der Waals surface area contributed by atoms with E-state index in [2.05, 4.69) is 39.0 Å². The van der Waals surface area contributed by atoms with Crippen LogP contribution in [0.15, 0.2) is 54.6 Å². The summed E-state index contributed by atoms with van der Waals surface area (Å²) in [6.45, 7) is 5.63. The lowest BCUT2D eigenvalue weighted by atomic mass is 9.76. The molecule has 0 bridgehead atoms. The summed E-state index contributed by atoms with van der Waals surface area (Å²) in [5.74, 6) is -1.71. The maximum Gasteiger partial charge on any atom is 0.262 e. The summed E-state index contributed by atoms with van der Waals surface area (Å²) in [6.07, 6.45) is 7.80. The Bertz CT molecular complexity index is 2270. The maximum absolute atomic E-state index is 13.7. The van der Waals surface area contributed by atoms with Gasteiger partial charge in [0.15, 0.2) is 0 Å². The van der Waals surface area contributed by atoms with Crippen LogP contribution in [0.4, 0.5) is 11.4 Å². The highest BCUT2D eigenvalue weighted by Gasteiger charge is 2.60. The monoisotopic (exact) mass is 799 g/mol. The zero-order chi connectivity index (χ0) is 40.1. The van der Waals surface area contributed by atoms with Crippen LogP contribution in [0.2, 0.25) is 5.02 Å². The third kappa shape index (κ3) is 5.99. The molecule has 1 unspecified atom stereocenters. The van der Waals surface area contributed by atoms with E-state index in [1.54, 1.807) is 0 Å². The molecular weight excluding hydrogens is 754 g/mol. The highest BCUT2D eigenvalue weighted by molar-refractivity contribution is 6.32. The number of benzene rings is 3. The van der Waals surface area contributed by atoms with Gasteiger partial charge in [-0.2, -0.15) is 5.26 Å². The van der Waals surface area contributed by atoms with Crippen LogP contribution in [-0.4, -0.2) is 107 Å². The number of hydrogen-bond donors (Lipinski definition) is 0. The van der Waals surface area contributed by atoms with Gasteiger partial charge in [0.05, 0.1) is 21.7 Å². The number of piperidine rings is 3. The number of fused-ring (bicyclic) bond motifs is 2. The summed E-state index contributed by atoms with van der Waals surface area (Å²) in [4.78, 5) is 76.9. The molecule has 58 heavy (non-hydrogen) atoms. The van der Waals surface area contributed by atoms with Crippen LogP contribution in [0, 0.1) is 16.7 Å². The molecule has 7 aliphatic rings. The fraction of sp³-hybridized carbons (Fsp3) is 0.467. The predicted octanol–water partition coefficient (Wildman–Crippen LogP) is 5.60. The van der Waals surface area contributed by atoms with Crippen molar-refractivity contribution in [3.63, 3.8) is 0 Å². The minimum atomic E-state index is -0.960. The van der Waals surface area contributed by atoms with Crippen molar-refractivity contribution in [1.82, 2.24) is 19.6 Å². The molecular formula is C45H46ClN7O5. The second-order valence-corrected chi connectivity index (χ2v) is 18.1. The van der Waals surface area contributed by atoms with Crippen LogP contribution in [0.3, 0.4) is 0 Å². The van der Waals surface area contributed by atoms with Gasteiger partial charge in [-0.1, -0.05) is 11.6 Å². The molecule has 6 heterocycles. The molecule has 1 atom stereocenters. The second-order valence-electron chi connectivity index (χ2n) is 17.7. The quantitative estimate of drug-likeness (QED) is 0.303. The number of halogens is 1. The van der Waals surface area contributed by atoms with E-state index in [-0.39, 0.29) is 41.7 Å². The third-order valence-corrected chi connectivity index (χ3v) is 14.8. The fourth-order valence-corrected chi connectivity index (χ4v) is 11.2. The van der Waals surface area contributed by atoms with Gasteiger partial charge in [0.25, 0.3) is 23.6 Å². The Balaban J connectivity index is 0.722. The number of anilines is 2. The van der Waals surface area contributed by atoms with Crippen LogP contribution in [0.5, 0.6) is 0 Å². The normalized spacial score (nSPS) is 23.9. The first-order valence-electron chi connectivity index (χ1n) is 20.7. The first-order chi connectivity index (χ1) is 28.0. The number of imide groups is 2. The zero-order valence-electron chi connectivity index (χ0n) is 32.7. The number of nitrogens with zero attached hydrogens (tertiary/aromatic N) is 7. The van der Waals surface area contributed by atoms with Gasteiger partial charge in [0, 0.05) is 87.8 Å². The SMILES string of the molecule is CN1C(=O)CCC(N2C(=O)c3cc4c(cc3C2=O)CN(C2CCN(C(=O)c3ccc(N5CCC6(CC5)CN(c5ccc(C#N)c(Cl)c5)C5(CC5)C6)cc3)CC2)C4)C1=O. The second kappa shape index (κ2) is 13.7. The number of likely N-dealkylation sites (tertiary alicyclic amines) is 2. The molecule has 1 saturated carbocycles. The van der Waals surface area contributed by atoms with Gasteiger partial charge in [-0.25, -0.2) is 0 Å². The molecule has 0 radical (unpaired) electrons. The molecule has 0 aromatic heterocycles. The van der Waals surface area contributed by atoms with Crippen molar-refractivity contribution >= 4 is 52.5 Å². The van der Waals surface area contributed by atoms with Gasteiger partial charge in [0.2, 0.25) is 5.91 Å². The lowest BCUT2D eigenvalue weighted by Gasteiger charge is -2.40. The van der Waals surface area contributed by atoms with E-state index in [1.165, 1.54) is 26.3 Å². The van der Waals surface area contributed by atoms with Crippen LogP contribution in [-0.2, 0) is 22.7 Å². The number of nitriles is 1. The van der Waals surface area contributed by atoms with Gasteiger partial charge in [-0.3, -0.25) is 38.7 Å². The molecule has 6 aliphatic heterocycles. The topological polar surface area (TPSA) is 129 Å². The molecule has 13 heteroatoms. The Morgan fingerprint density at radius 3 is 2.05 bits per heavy atom. The van der Waals surface area contributed by atoms with Crippen molar-refractivity contribution in [2.45, 2.75) is 88.5 Å². The van der Waals surface area contributed by atoms with E-state index in [0.29, 0.717) is 53.5 Å². The van der Waals surface area contributed by atoms with Gasteiger partial charge in [0.1, 0.15) is 12.1 Å². The molecule has 4 saturated heterocycles. The highest BCUT2D eigenvalue weighted by Crippen LogP contribution is 2.60. The van der Waals surface area contributed by atoms with Crippen LogP contribution in [0.25, 0.3) is 0 Å². The van der Waals surface area contributed by atoms with E-state index in [4.69, 9.17) is 11.6 Å². The largest absolute Gasteiger partial charge is 0.371 e. The number of likely N-dealkylation sites (N-methyl/N-ethyl adjacent to an activating group) is 1. The van der Waals surface area contributed by atoms with Crippen LogP contribution >= 0.6 is 11.6 Å². The smallest absolute Gasteiger partial charge is 0.262 e. The maximum atomic E-state index is 13.7. The Labute approximate surface area is 342 Å². The summed E-state index contributed by atoms with van der Waals surface area (Å²) in [6, 6.07) is 19.1. The number of carbonyl (C=O) groups is 5. The summed E-state index contributed by atoms with van der Waals surface area (Å²) >= 11 is 6.44. The lowest BCUT2D eigenvalue weighted by Crippen LogP contribution is -2.54. The van der Waals surface area contributed by atoms with Gasteiger partial charge in [-0.05, 0) is 123 Å². The highest BCUT2D eigenvalue weighted by atomic mass is 35.5. The van der Waals surface area contributed by atoms with Gasteiger partial charge >= 0.3 is 0 Å². The Morgan fingerprint density at radius 1 is 0.810 bits per heavy atom. The molecule has 10 rings (SSSR count). The predicted molar refractivity (Wildman–Crippen MR) is 216 cm³/mol. The fourth-order valence-electron chi connectivity index (χ4n) is 10.9. The summed E-state index contributed by atoms with van der Waals surface area (Å²) in [7, 11) is 1.39. The third-order valence-electron chi connectivity index (χ3n) is 14.5. The number of carbonyl (C=O) groups excluding carboxylic acids is 5.